The van der Waals surface area contributed by atoms with Crippen molar-refractivity contribution in [1.82, 2.24) is 9.97 Å². The van der Waals surface area contributed by atoms with Crippen LogP contribution in [0, 0.1) is 5.92 Å². The van der Waals surface area contributed by atoms with Gasteiger partial charge in [-0.1, -0.05) is 32.0 Å². The largest absolute Gasteiger partial charge is 0.490 e. The zero-order valence-electron chi connectivity index (χ0n) is 16.5. The molecular weight excluding hydrogens is 354 g/mol. The van der Waals surface area contributed by atoms with Gasteiger partial charge in [0.1, 0.15) is 17.4 Å². The van der Waals surface area contributed by atoms with Gasteiger partial charge >= 0.3 is 0 Å². The number of piperidine rings is 1. The van der Waals surface area contributed by atoms with E-state index in [-0.39, 0.29) is 12.0 Å². The minimum Gasteiger partial charge on any atom is -0.490 e. The zero-order chi connectivity index (χ0) is 20.1. The number of aromatic nitrogens is 2. The number of benzene rings is 1. The van der Waals surface area contributed by atoms with Crippen LogP contribution >= 0.6 is 0 Å². The molecule has 28 heavy (non-hydrogen) atoms. The third kappa shape index (κ3) is 4.59. The molecule has 1 aliphatic heterocycles. The minimum absolute atomic E-state index is 0.169. The van der Waals surface area contributed by atoms with Crippen LogP contribution in [0.1, 0.15) is 38.8 Å². The van der Waals surface area contributed by atoms with E-state index in [1.807, 2.05) is 44.2 Å². The van der Waals surface area contributed by atoms with E-state index in [1.165, 1.54) is 0 Å². The highest BCUT2D eigenvalue weighted by atomic mass is 16.5. The van der Waals surface area contributed by atoms with E-state index in [0.29, 0.717) is 18.1 Å². The summed E-state index contributed by atoms with van der Waals surface area (Å²) < 4.78 is 6.04. The fourth-order valence-corrected chi connectivity index (χ4v) is 3.59. The van der Waals surface area contributed by atoms with Crippen molar-refractivity contribution in [2.75, 3.05) is 18.0 Å². The first-order chi connectivity index (χ1) is 13.4. The summed E-state index contributed by atoms with van der Waals surface area (Å²) in [5.41, 5.74) is 11.2. The highest BCUT2D eigenvalue weighted by Crippen LogP contribution is 2.27. The normalized spacial score (nSPS) is 17.4. The number of carbonyl (C=O) groups excluding carboxylic acids is 1. The number of anilines is 1. The number of nitrogens with zero attached hydrogens (tertiary/aromatic N) is 3. The molecule has 0 saturated carbocycles. The number of primary amides is 1. The van der Waals surface area contributed by atoms with Gasteiger partial charge in [-0.15, -0.1) is 0 Å². The number of amides is 1. The van der Waals surface area contributed by atoms with Crippen LogP contribution in [0.15, 0.2) is 42.6 Å². The Morgan fingerprint density at radius 2 is 1.93 bits per heavy atom. The molecule has 1 aliphatic rings. The summed E-state index contributed by atoms with van der Waals surface area (Å²) in [6, 6.07) is 11.5. The van der Waals surface area contributed by atoms with Gasteiger partial charge in [-0.05, 0) is 30.5 Å². The van der Waals surface area contributed by atoms with Crippen LogP contribution in [0.5, 0.6) is 5.75 Å². The second-order valence-corrected chi connectivity index (χ2v) is 7.79. The van der Waals surface area contributed by atoms with Gasteiger partial charge in [0.25, 0.3) is 0 Å². The predicted molar refractivity (Wildman–Crippen MR) is 109 cm³/mol. The Hall–Kier alpha value is -2.67. The van der Waals surface area contributed by atoms with E-state index in [4.69, 9.17) is 16.2 Å². The van der Waals surface area contributed by atoms with Gasteiger partial charge in [-0.25, -0.2) is 9.97 Å². The average molecular weight is 383 g/mol. The topological polar surface area (TPSA) is 107 Å². The Balaban J connectivity index is 1.68. The Morgan fingerprint density at radius 3 is 2.54 bits per heavy atom. The van der Waals surface area contributed by atoms with E-state index in [9.17, 15) is 4.79 Å². The molecule has 4 N–H and O–H groups in total. The van der Waals surface area contributed by atoms with Gasteiger partial charge < -0.3 is 21.1 Å². The number of hydrogen-bond donors (Lipinski definition) is 2. The van der Waals surface area contributed by atoms with E-state index in [0.717, 1.165) is 31.7 Å². The second-order valence-electron chi connectivity index (χ2n) is 7.79. The third-order valence-corrected chi connectivity index (χ3v) is 5.04. The number of para-hydroxylation sites is 1. The van der Waals surface area contributed by atoms with Crippen LogP contribution in [0.25, 0.3) is 0 Å². The molecule has 150 valence electrons. The third-order valence-electron chi connectivity index (χ3n) is 5.04. The summed E-state index contributed by atoms with van der Waals surface area (Å²) in [6.07, 6.45) is 4.00. The van der Waals surface area contributed by atoms with Crippen LogP contribution < -0.4 is 21.1 Å². The lowest BCUT2D eigenvalue weighted by molar-refractivity contribution is -0.124. The lowest BCUT2D eigenvalue weighted by Crippen LogP contribution is -2.51. The van der Waals surface area contributed by atoms with Crippen LogP contribution in [0.4, 0.5) is 5.95 Å². The summed E-state index contributed by atoms with van der Waals surface area (Å²) >= 11 is 0. The zero-order valence-corrected chi connectivity index (χ0v) is 16.5. The van der Waals surface area contributed by atoms with E-state index < -0.39 is 11.4 Å². The standard InChI is InChI=1S/C21H29N5O2/c1-15(2)14-21(23,19(22)27)18-8-11-24-20(25-18)26-12-9-17(10-13-26)28-16-6-4-3-5-7-16/h3-8,11,15,17H,9-10,12-14,23H2,1-2H3,(H2,22,27)/t21-/m1/s1. The lowest BCUT2D eigenvalue weighted by atomic mass is 9.86. The molecule has 0 bridgehead atoms. The van der Waals surface area contributed by atoms with Gasteiger partial charge in [0.2, 0.25) is 11.9 Å². The smallest absolute Gasteiger partial charge is 0.243 e. The van der Waals surface area contributed by atoms with Crippen molar-refractivity contribution in [2.24, 2.45) is 17.4 Å². The van der Waals surface area contributed by atoms with Gasteiger partial charge in [-0.2, -0.15) is 0 Å². The highest BCUT2D eigenvalue weighted by Gasteiger charge is 2.37. The van der Waals surface area contributed by atoms with Gasteiger partial charge in [0, 0.05) is 32.1 Å². The molecule has 2 heterocycles. The van der Waals surface area contributed by atoms with Crippen molar-refractivity contribution in [3.8, 4) is 5.75 Å². The van der Waals surface area contributed by atoms with Crippen molar-refractivity contribution >= 4 is 11.9 Å². The van der Waals surface area contributed by atoms with Crippen LogP contribution in [0.3, 0.4) is 0 Å². The maximum Gasteiger partial charge on any atom is 0.243 e. The maximum absolute atomic E-state index is 12.1. The molecule has 1 atom stereocenters. The van der Waals surface area contributed by atoms with Crippen LogP contribution in [-0.2, 0) is 10.3 Å². The van der Waals surface area contributed by atoms with Crippen molar-refractivity contribution in [3.05, 3.63) is 48.3 Å². The van der Waals surface area contributed by atoms with Gasteiger partial charge in [0.15, 0.2) is 0 Å². The molecule has 0 unspecified atom stereocenters. The van der Waals surface area contributed by atoms with Crippen molar-refractivity contribution in [2.45, 2.75) is 44.8 Å². The number of carbonyl (C=O) groups is 1. The van der Waals surface area contributed by atoms with Crippen molar-refractivity contribution in [3.63, 3.8) is 0 Å². The first-order valence-corrected chi connectivity index (χ1v) is 9.77. The first kappa shape index (κ1) is 20.1. The Labute approximate surface area is 166 Å². The molecule has 1 fully saturated rings. The SMILES string of the molecule is CC(C)C[C@](N)(C(N)=O)c1ccnc(N2CCC(Oc3ccccc3)CC2)n1. The molecular formula is C21H29N5O2. The second kappa shape index (κ2) is 8.56. The summed E-state index contributed by atoms with van der Waals surface area (Å²) in [5.74, 6) is 1.11. The van der Waals surface area contributed by atoms with Crippen LogP contribution in [-0.4, -0.2) is 35.1 Å². The van der Waals surface area contributed by atoms with Crippen molar-refractivity contribution < 1.29 is 9.53 Å². The molecule has 0 radical (unpaired) electrons. The summed E-state index contributed by atoms with van der Waals surface area (Å²) in [5, 5.41) is 0. The fourth-order valence-electron chi connectivity index (χ4n) is 3.59. The lowest BCUT2D eigenvalue weighted by Gasteiger charge is -2.33. The predicted octanol–water partition coefficient (Wildman–Crippen LogP) is 2.21. The van der Waals surface area contributed by atoms with Gasteiger partial charge in [-0.3, -0.25) is 4.79 Å². The number of hydrogen-bond acceptors (Lipinski definition) is 6. The van der Waals surface area contributed by atoms with Crippen molar-refractivity contribution in [1.29, 1.82) is 0 Å². The number of ether oxygens (including phenoxy) is 1. The molecule has 3 rings (SSSR count). The van der Waals surface area contributed by atoms with E-state index >= 15 is 0 Å². The number of nitrogens with two attached hydrogens (primary N) is 2. The highest BCUT2D eigenvalue weighted by molar-refractivity contribution is 5.85. The quantitative estimate of drug-likeness (QED) is 0.759. The Kier molecular flexibility index (Phi) is 6.14. The maximum atomic E-state index is 12.1. The summed E-state index contributed by atoms with van der Waals surface area (Å²) in [7, 11) is 0. The molecule has 0 spiro atoms. The molecule has 7 nitrogen and oxygen atoms in total. The first-order valence-electron chi connectivity index (χ1n) is 9.77. The van der Waals surface area contributed by atoms with Gasteiger partial charge in [0.05, 0.1) is 5.69 Å². The molecule has 1 aromatic heterocycles. The fraction of sp³-hybridized carbons (Fsp3) is 0.476. The number of rotatable bonds is 7. The molecule has 7 heteroatoms. The molecule has 1 saturated heterocycles. The summed E-state index contributed by atoms with van der Waals surface area (Å²) in [4.78, 5) is 23.2. The summed E-state index contributed by atoms with van der Waals surface area (Å²) in [6.45, 7) is 5.56. The minimum atomic E-state index is -1.29. The molecule has 1 aromatic carbocycles. The van der Waals surface area contributed by atoms with E-state index in [1.54, 1.807) is 12.3 Å². The molecule has 1 amide bonds. The monoisotopic (exact) mass is 383 g/mol. The van der Waals surface area contributed by atoms with E-state index in [2.05, 4.69) is 14.9 Å². The average Bonchev–Trinajstić information content (AvgIpc) is 2.69. The Morgan fingerprint density at radius 1 is 1.25 bits per heavy atom. The Bertz CT molecular complexity index is 790. The molecule has 2 aromatic rings. The van der Waals surface area contributed by atoms with Crippen LogP contribution in [0.2, 0.25) is 0 Å². The molecule has 0 aliphatic carbocycles.